The molecule has 3 rings (SSSR count). The molecule has 2 aromatic carbocycles. The van der Waals surface area contributed by atoms with E-state index in [0.29, 0.717) is 18.7 Å². The fraction of sp³-hybridized carbons (Fsp3) is 0.435. The fourth-order valence-corrected chi connectivity index (χ4v) is 5.15. The molecule has 0 spiro atoms. The summed E-state index contributed by atoms with van der Waals surface area (Å²) in [4.78, 5) is 0. The predicted octanol–water partition coefficient (Wildman–Crippen LogP) is 4.12. The molecule has 1 heterocycles. The van der Waals surface area contributed by atoms with Gasteiger partial charge in [0, 0.05) is 6.42 Å². The number of para-hydroxylation sites is 1. The van der Waals surface area contributed by atoms with Gasteiger partial charge in [0.25, 0.3) is 0 Å². The summed E-state index contributed by atoms with van der Waals surface area (Å²) in [6.45, 7) is 10.5. The van der Waals surface area contributed by atoms with Crippen LogP contribution in [0.4, 0.5) is 0 Å². The Hall–Kier alpha value is -2.54. The van der Waals surface area contributed by atoms with Gasteiger partial charge in [-0.1, -0.05) is 51.1 Å². The summed E-state index contributed by atoms with van der Waals surface area (Å²) in [6.07, 6.45) is 0.982. The number of rotatable bonds is 7. The van der Waals surface area contributed by atoms with E-state index in [-0.39, 0.29) is 16.9 Å². The summed E-state index contributed by atoms with van der Waals surface area (Å²) in [5.74, 6) is 0.839. The standard InChI is InChI=1S/C23H30N4O2S/c1-17-14-19(23(3,4)5)15-18(2)21(17)16-30(28,29)13-9-12-22-24-25-26-27(22)20-10-7-6-8-11-20/h6-8,10-11,14-15H,9,12-13,16H2,1-5H3. The third kappa shape index (κ3) is 5.33. The Morgan fingerprint density at radius 2 is 1.63 bits per heavy atom. The molecule has 160 valence electrons. The molecule has 0 aliphatic heterocycles. The lowest BCUT2D eigenvalue weighted by atomic mass is 9.84. The molecule has 0 saturated carbocycles. The molecule has 0 bridgehead atoms. The van der Waals surface area contributed by atoms with Gasteiger partial charge in [-0.2, -0.15) is 4.68 Å². The molecule has 6 nitrogen and oxygen atoms in total. The van der Waals surface area contributed by atoms with E-state index in [1.807, 2.05) is 44.2 Å². The van der Waals surface area contributed by atoms with Gasteiger partial charge in [0.1, 0.15) is 0 Å². The number of sulfone groups is 1. The molecule has 1 aromatic heterocycles. The number of tetrazole rings is 1. The first-order valence-corrected chi connectivity index (χ1v) is 12.0. The van der Waals surface area contributed by atoms with E-state index in [0.717, 1.165) is 22.4 Å². The maximum Gasteiger partial charge on any atom is 0.156 e. The number of aryl methyl sites for hydroxylation is 3. The van der Waals surface area contributed by atoms with Crippen LogP contribution >= 0.6 is 0 Å². The first-order chi connectivity index (χ1) is 14.1. The van der Waals surface area contributed by atoms with E-state index < -0.39 is 9.84 Å². The first kappa shape index (κ1) is 22.2. The Labute approximate surface area is 179 Å². The second-order valence-electron chi connectivity index (χ2n) is 8.88. The van der Waals surface area contributed by atoms with Gasteiger partial charge in [-0.15, -0.1) is 5.10 Å². The maximum absolute atomic E-state index is 12.8. The minimum absolute atomic E-state index is 0.0374. The largest absolute Gasteiger partial charge is 0.228 e. The number of hydrogen-bond acceptors (Lipinski definition) is 5. The summed E-state index contributed by atoms with van der Waals surface area (Å²) < 4.78 is 27.3. The van der Waals surface area contributed by atoms with Gasteiger partial charge in [0.2, 0.25) is 0 Å². The van der Waals surface area contributed by atoms with Crippen molar-refractivity contribution in [2.24, 2.45) is 0 Å². The van der Waals surface area contributed by atoms with Gasteiger partial charge < -0.3 is 0 Å². The van der Waals surface area contributed by atoms with Crippen molar-refractivity contribution >= 4 is 9.84 Å². The van der Waals surface area contributed by atoms with E-state index in [1.54, 1.807) is 4.68 Å². The summed E-state index contributed by atoms with van der Waals surface area (Å²) in [7, 11) is -3.24. The maximum atomic E-state index is 12.8. The van der Waals surface area contributed by atoms with Crippen molar-refractivity contribution < 1.29 is 8.42 Å². The monoisotopic (exact) mass is 426 g/mol. The van der Waals surface area contributed by atoms with Crippen LogP contribution in [0.1, 0.15) is 55.3 Å². The Bertz CT molecular complexity index is 1090. The number of hydrogen-bond donors (Lipinski definition) is 0. The Morgan fingerprint density at radius 1 is 1.00 bits per heavy atom. The molecular formula is C23H30N4O2S. The van der Waals surface area contributed by atoms with Crippen LogP contribution in [0.5, 0.6) is 0 Å². The second kappa shape index (κ2) is 8.68. The smallest absolute Gasteiger partial charge is 0.156 e. The topological polar surface area (TPSA) is 77.7 Å². The molecule has 0 aliphatic rings. The minimum atomic E-state index is -3.24. The zero-order valence-electron chi connectivity index (χ0n) is 18.4. The van der Waals surface area contributed by atoms with Crippen molar-refractivity contribution in [1.82, 2.24) is 20.2 Å². The molecule has 0 unspecified atom stereocenters. The van der Waals surface area contributed by atoms with E-state index in [9.17, 15) is 8.42 Å². The molecule has 0 fully saturated rings. The van der Waals surface area contributed by atoms with Crippen LogP contribution in [-0.2, 0) is 27.4 Å². The second-order valence-corrected chi connectivity index (χ2v) is 11.1. The highest BCUT2D eigenvalue weighted by molar-refractivity contribution is 7.90. The summed E-state index contributed by atoms with van der Waals surface area (Å²) in [5.41, 5.74) is 5.12. The third-order valence-electron chi connectivity index (χ3n) is 5.32. The SMILES string of the molecule is Cc1cc(C(C)(C)C)cc(C)c1CS(=O)(=O)CCCc1nnnn1-c1ccccc1. The first-order valence-electron chi connectivity index (χ1n) is 10.2. The highest BCUT2D eigenvalue weighted by atomic mass is 32.2. The summed E-state index contributed by atoms with van der Waals surface area (Å²) in [6, 6.07) is 13.8. The van der Waals surface area contributed by atoms with Crippen molar-refractivity contribution in [3.8, 4) is 5.69 Å². The van der Waals surface area contributed by atoms with E-state index >= 15 is 0 Å². The molecule has 0 N–H and O–H groups in total. The number of aromatic nitrogens is 4. The van der Waals surface area contributed by atoms with Crippen LogP contribution in [-0.4, -0.2) is 34.4 Å². The molecular weight excluding hydrogens is 396 g/mol. The highest BCUT2D eigenvalue weighted by Gasteiger charge is 2.20. The van der Waals surface area contributed by atoms with E-state index in [2.05, 4.69) is 48.4 Å². The highest BCUT2D eigenvalue weighted by Crippen LogP contribution is 2.28. The van der Waals surface area contributed by atoms with Gasteiger partial charge in [0.15, 0.2) is 15.7 Å². The van der Waals surface area contributed by atoms with Crippen LogP contribution in [0.3, 0.4) is 0 Å². The quantitative estimate of drug-likeness (QED) is 0.568. The summed E-state index contributed by atoms with van der Waals surface area (Å²) >= 11 is 0. The molecule has 30 heavy (non-hydrogen) atoms. The van der Waals surface area contributed by atoms with Crippen LogP contribution in [0.2, 0.25) is 0 Å². The predicted molar refractivity (Wildman–Crippen MR) is 120 cm³/mol. The van der Waals surface area contributed by atoms with Gasteiger partial charge >= 0.3 is 0 Å². The Morgan fingerprint density at radius 3 is 2.23 bits per heavy atom. The lowest BCUT2D eigenvalue weighted by Gasteiger charge is -2.22. The third-order valence-corrected chi connectivity index (χ3v) is 6.96. The van der Waals surface area contributed by atoms with E-state index in [1.165, 1.54) is 5.56 Å². The number of nitrogens with zero attached hydrogens (tertiary/aromatic N) is 4. The van der Waals surface area contributed by atoms with Crippen LogP contribution in [0, 0.1) is 13.8 Å². The Balaban J connectivity index is 1.67. The normalized spacial score (nSPS) is 12.3. The van der Waals surface area contributed by atoms with Gasteiger partial charge in [-0.25, -0.2) is 8.42 Å². The molecule has 0 atom stereocenters. The van der Waals surface area contributed by atoms with Crippen molar-refractivity contribution in [2.45, 2.75) is 58.6 Å². The van der Waals surface area contributed by atoms with Gasteiger partial charge in [0.05, 0.1) is 17.2 Å². The Kier molecular flexibility index (Phi) is 6.41. The molecule has 0 aliphatic carbocycles. The van der Waals surface area contributed by atoms with Crippen LogP contribution in [0.25, 0.3) is 5.69 Å². The molecule has 3 aromatic rings. The van der Waals surface area contributed by atoms with Crippen molar-refractivity contribution in [3.05, 3.63) is 70.5 Å². The zero-order valence-corrected chi connectivity index (χ0v) is 19.2. The van der Waals surface area contributed by atoms with Crippen molar-refractivity contribution in [1.29, 1.82) is 0 Å². The number of benzene rings is 2. The van der Waals surface area contributed by atoms with Crippen molar-refractivity contribution in [3.63, 3.8) is 0 Å². The average molecular weight is 427 g/mol. The van der Waals surface area contributed by atoms with Crippen LogP contribution in [0.15, 0.2) is 42.5 Å². The summed E-state index contributed by atoms with van der Waals surface area (Å²) in [5, 5.41) is 11.8. The fourth-order valence-electron chi connectivity index (χ4n) is 3.53. The molecule has 0 saturated heterocycles. The molecule has 0 amide bonds. The van der Waals surface area contributed by atoms with E-state index in [4.69, 9.17) is 0 Å². The van der Waals surface area contributed by atoms with Crippen LogP contribution < -0.4 is 0 Å². The lowest BCUT2D eigenvalue weighted by Crippen LogP contribution is -2.15. The van der Waals surface area contributed by atoms with Gasteiger partial charge in [-0.05, 0) is 70.5 Å². The van der Waals surface area contributed by atoms with Gasteiger partial charge in [-0.3, -0.25) is 0 Å². The zero-order chi connectivity index (χ0) is 21.9. The average Bonchev–Trinajstić information content (AvgIpc) is 3.13. The van der Waals surface area contributed by atoms with Crippen molar-refractivity contribution in [2.75, 3.05) is 5.75 Å². The lowest BCUT2D eigenvalue weighted by molar-refractivity contribution is 0.587. The molecule has 7 heteroatoms. The minimum Gasteiger partial charge on any atom is -0.228 e. The molecule has 0 radical (unpaired) electrons.